The van der Waals surface area contributed by atoms with Crippen molar-refractivity contribution < 1.29 is 13.2 Å². The topological polar surface area (TPSA) is 67.2 Å². The summed E-state index contributed by atoms with van der Waals surface area (Å²) in [5, 5.41) is 9.55. The van der Waals surface area contributed by atoms with Crippen LogP contribution in [0.15, 0.2) is 53.4 Å². The number of hydrogen-bond donors (Lipinski definition) is 0. The second-order valence-corrected chi connectivity index (χ2v) is 9.11. The van der Waals surface area contributed by atoms with Crippen LogP contribution in [0.5, 0.6) is 0 Å². The predicted octanol–water partition coefficient (Wildman–Crippen LogP) is 4.13. The normalized spacial score (nSPS) is 24.8. The largest absolute Gasteiger partial charge is 0.380 e. The highest BCUT2D eigenvalue weighted by atomic mass is 35.5. The Hall–Kier alpha value is -1.87. The summed E-state index contributed by atoms with van der Waals surface area (Å²) in [7, 11) is -3.69. The number of halogens is 1. The molecule has 0 bridgehead atoms. The zero-order valence-corrected chi connectivity index (χ0v) is 16.2. The molecule has 3 atom stereocenters. The number of ether oxygens (including phenoxy) is 1. The van der Waals surface area contributed by atoms with E-state index >= 15 is 0 Å². The van der Waals surface area contributed by atoms with Gasteiger partial charge in [0, 0.05) is 17.5 Å². The molecule has 1 fully saturated rings. The minimum absolute atomic E-state index is 0.0763. The standard InChI is InChI=1S/C20H20ClNO3S/c1-3-25-13-20(12-22)18(15-5-4-6-16(21)11-15)19(20)26(23,24)17-9-7-14(2)8-10-17/h4-11,18-19H,3,13H2,1-2H3/t18-,19+,20-/m1/s1. The number of sulfone groups is 1. The van der Waals surface area contributed by atoms with Crippen LogP contribution >= 0.6 is 11.6 Å². The minimum atomic E-state index is -3.69. The Morgan fingerprint density at radius 1 is 1.23 bits per heavy atom. The van der Waals surface area contributed by atoms with E-state index in [9.17, 15) is 13.7 Å². The molecule has 3 rings (SSSR count). The van der Waals surface area contributed by atoms with Crippen LogP contribution in [0.25, 0.3) is 0 Å². The molecule has 2 aromatic carbocycles. The third kappa shape index (κ3) is 3.14. The molecule has 1 aliphatic rings. The third-order valence-corrected chi connectivity index (χ3v) is 7.43. The highest BCUT2D eigenvalue weighted by molar-refractivity contribution is 7.92. The van der Waals surface area contributed by atoms with Crippen molar-refractivity contribution >= 4 is 21.4 Å². The number of aryl methyl sites for hydroxylation is 1. The van der Waals surface area contributed by atoms with E-state index in [1.54, 1.807) is 42.5 Å². The van der Waals surface area contributed by atoms with Gasteiger partial charge in [0.15, 0.2) is 9.84 Å². The molecule has 136 valence electrons. The van der Waals surface area contributed by atoms with Crippen LogP contribution in [-0.4, -0.2) is 26.9 Å². The highest BCUT2D eigenvalue weighted by Crippen LogP contribution is 2.64. The first-order valence-corrected chi connectivity index (χ1v) is 10.3. The van der Waals surface area contributed by atoms with Crippen LogP contribution in [0.2, 0.25) is 5.02 Å². The molecule has 0 unspecified atom stereocenters. The van der Waals surface area contributed by atoms with Gasteiger partial charge in [-0.05, 0) is 43.7 Å². The van der Waals surface area contributed by atoms with Gasteiger partial charge in [0.2, 0.25) is 0 Å². The van der Waals surface area contributed by atoms with E-state index in [1.807, 2.05) is 19.9 Å². The smallest absolute Gasteiger partial charge is 0.183 e. The first-order valence-electron chi connectivity index (χ1n) is 8.42. The van der Waals surface area contributed by atoms with E-state index in [2.05, 4.69) is 6.07 Å². The van der Waals surface area contributed by atoms with Crippen molar-refractivity contribution in [1.29, 1.82) is 5.26 Å². The lowest BCUT2D eigenvalue weighted by atomic mass is 10.0. The summed E-state index contributed by atoms with van der Waals surface area (Å²) < 4.78 is 32.0. The fraction of sp³-hybridized carbons (Fsp3) is 0.350. The minimum Gasteiger partial charge on any atom is -0.380 e. The quantitative estimate of drug-likeness (QED) is 0.744. The van der Waals surface area contributed by atoms with Gasteiger partial charge >= 0.3 is 0 Å². The van der Waals surface area contributed by atoms with Gasteiger partial charge in [0.1, 0.15) is 5.41 Å². The fourth-order valence-corrected chi connectivity index (χ4v) is 6.02. The lowest BCUT2D eigenvalue weighted by Crippen LogP contribution is -2.19. The number of nitrogens with zero attached hydrogens (tertiary/aromatic N) is 1. The first-order chi connectivity index (χ1) is 12.4. The second-order valence-electron chi connectivity index (χ2n) is 6.60. The summed E-state index contributed by atoms with van der Waals surface area (Å²) in [4.78, 5) is 0.230. The molecular formula is C20H20ClNO3S. The van der Waals surface area contributed by atoms with Crippen LogP contribution in [0.1, 0.15) is 24.0 Å². The zero-order valence-electron chi connectivity index (χ0n) is 14.6. The average molecular weight is 390 g/mol. The maximum Gasteiger partial charge on any atom is 0.183 e. The van der Waals surface area contributed by atoms with Crippen molar-refractivity contribution in [3.05, 3.63) is 64.7 Å². The molecule has 0 N–H and O–H groups in total. The van der Waals surface area contributed by atoms with Crippen LogP contribution < -0.4 is 0 Å². The molecule has 6 heteroatoms. The van der Waals surface area contributed by atoms with Gasteiger partial charge in [0.25, 0.3) is 0 Å². The predicted molar refractivity (Wildman–Crippen MR) is 101 cm³/mol. The van der Waals surface area contributed by atoms with Gasteiger partial charge in [-0.25, -0.2) is 8.42 Å². The third-order valence-electron chi connectivity index (χ3n) is 4.90. The SMILES string of the molecule is CCOC[C@]1(C#N)[C@H](c2cccc(Cl)c2)[C@@H]1S(=O)(=O)c1ccc(C)cc1. The molecule has 0 aromatic heterocycles. The van der Waals surface area contributed by atoms with Gasteiger partial charge in [-0.3, -0.25) is 0 Å². The summed E-state index contributed by atoms with van der Waals surface area (Å²) in [5.74, 6) is -0.468. The summed E-state index contributed by atoms with van der Waals surface area (Å²) in [6.07, 6.45) is 0. The molecule has 0 saturated heterocycles. The van der Waals surface area contributed by atoms with Crippen LogP contribution in [0.4, 0.5) is 0 Å². The molecule has 4 nitrogen and oxygen atoms in total. The Morgan fingerprint density at radius 2 is 1.92 bits per heavy atom. The van der Waals surface area contributed by atoms with E-state index in [4.69, 9.17) is 16.3 Å². The summed E-state index contributed by atoms with van der Waals surface area (Å²) in [6.45, 7) is 4.22. The van der Waals surface area contributed by atoms with E-state index in [1.165, 1.54) is 0 Å². The van der Waals surface area contributed by atoms with Crippen molar-refractivity contribution in [2.24, 2.45) is 5.41 Å². The number of nitriles is 1. The highest BCUT2D eigenvalue weighted by Gasteiger charge is 2.72. The lowest BCUT2D eigenvalue weighted by molar-refractivity contribution is 0.117. The fourth-order valence-electron chi connectivity index (χ4n) is 3.52. The van der Waals surface area contributed by atoms with Gasteiger partial charge in [-0.2, -0.15) is 5.26 Å². The zero-order chi connectivity index (χ0) is 18.9. The molecule has 1 saturated carbocycles. The molecule has 0 heterocycles. The Bertz CT molecular complexity index is 950. The van der Waals surface area contributed by atoms with Crippen molar-refractivity contribution in [2.45, 2.75) is 29.9 Å². The first kappa shape index (κ1) is 18.9. The molecule has 2 aromatic rings. The summed E-state index contributed by atoms with van der Waals surface area (Å²) in [6, 6.07) is 16.0. The van der Waals surface area contributed by atoms with Crippen LogP contribution in [0, 0.1) is 23.7 Å². The van der Waals surface area contributed by atoms with Gasteiger partial charge in [-0.15, -0.1) is 0 Å². The van der Waals surface area contributed by atoms with E-state index in [-0.39, 0.29) is 11.5 Å². The van der Waals surface area contributed by atoms with Crippen molar-refractivity contribution in [3.63, 3.8) is 0 Å². The summed E-state index contributed by atoms with van der Waals surface area (Å²) >= 11 is 6.09. The van der Waals surface area contributed by atoms with Gasteiger partial charge < -0.3 is 4.74 Å². The Labute approximate surface area is 159 Å². The van der Waals surface area contributed by atoms with Crippen molar-refractivity contribution in [3.8, 4) is 6.07 Å². The van der Waals surface area contributed by atoms with Gasteiger partial charge in [-0.1, -0.05) is 41.4 Å². The molecule has 1 aliphatic carbocycles. The van der Waals surface area contributed by atoms with Crippen molar-refractivity contribution in [2.75, 3.05) is 13.2 Å². The van der Waals surface area contributed by atoms with Crippen LogP contribution in [-0.2, 0) is 14.6 Å². The number of hydrogen-bond acceptors (Lipinski definition) is 4. The Morgan fingerprint density at radius 3 is 2.50 bits per heavy atom. The van der Waals surface area contributed by atoms with Crippen molar-refractivity contribution in [1.82, 2.24) is 0 Å². The molecule has 0 radical (unpaired) electrons. The molecule has 0 amide bonds. The van der Waals surface area contributed by atoms with E-state index in [0.717, 1.165) is 11.1 Å². The Kier molecular flexibility index (Phi) is 5.12. The maximum absolute atomic E-state index is 13.3. The maximum atomic E-state index is 13.3. The molecule has 26 heavy (non-hydrogen) atoms. The van der Waals surface area contributed by atoms with E-state index in [0.29, 0.717) is 11.6 Å². The molecular weight excluding hydrogens is 370 g/mol. The van der Waals surface area contributed by atoms with Crippen LogP contribution in [0.3, 0.4) is 0 Å². The lowest BCUT2D eigenvalue weighted by Gasteiger charge is -2.10. The number of rotatable bonds is 6. The Balaban J connectivity index is 2.07. The molecule has 0 spiro atoms. The second kappa shape index (κ2) is 7.03. The summed E-state index contributed by atoms with van der Waals surface area (Å²) in [5.41, 5.74) is 0.621. The van der Waals surface area contributed by atoms with E-state index < -0.39 is 26.4 Å². The average Bonchev–Trinajstić information content (AvgIpc) is 3.31. The molecule has 0 aliphatic heterocycles. The monoisotopic (exact) mass is 389 g/mol. The van der Waals surface area contributed by atoms with Gasteiger partial charge in [0.05, 0.1) is 22.8 Å². The number of benzene rings is 2.